The summed E-state index contributed by atoms with van der Waals surface area (Å²) in [5.74, 6) is 0.0523. The molecule has 5 rings (SSSR count). The van der Waals surface area contributed by atoms with Gasteiger partial charge in [-0.3, -0.25) is 0 Å². The highest BCUT2D eigenvalue weighted by molar-refractivity contribution is 5.76. The van der Waals surface area contributed by atoms with Gasteiger partial charge in [0.2, 0.25) is 5.95 Å². The van der Waals surface area contributed by atoms with Crippen LogP contribution < -0.4 is 9.80 Å². The Morgan fingerprint density at radius 1 is 1.21 bits per heavy atom. The van der Waals surface area contributed by atoms with E-state index in [1.165, 1.54) is 0 Å². The molecule has 1 aromatic rings. The summed E-state index contributed by atoms with van der Waals surface area (Å²) >= 11 is 0. The highest BCUT2D eigenvalue weighted by atomic mass is 19.3. The normalized spacial score (nSPS) is 33.0. The Balaban J connectivity index is 1.49. The van der Waals surface area contributed by atoms with E-state index in [4.69, 9.17) is 4.98 Å². The molecule has 2 saturated heterocycles. The summed E-state index contributed by atoms with van der Waals surface area (Å²) in [6.45, 7) is 6.22. The van der Waals surface area contributed by atoms with Gasteiger partial charge in [0.05, 0.1) is 0 Å². The number of Topliss-reactive ketones (excluding diaryl/α,β-unsaturated/α-hetero) is 1. The van der Waals surface area contributed by atoms with Gasteiger partial charge in [0, 0.05) is 44.1 Å². The molecule has 4 atom stereocenters. The molecule has 0 bridgehead atoms. The van der Waals surface area contributed by atoms with Crippen molar-refractivity contribution in [3.8, 4) is 0 Å². The van der Waals surface area contributed by atoms with Crippen LogP contribution in [-0.2, 0) is 17.1 Å². The molecule has 2 aliphatic carbocycles. The number of nitrogens with zero attached hydrogens (tertiary/aromatic N) is 4. The molecule has 3 heterocycles. The van der Waals surface area contributed by atoms with Gasteiger partial charge in [-0.25, -0.2) is 4.98 Å². The number of anilines is 2. The number of alkyl halides is 2. The van der Waals surface area contributed by atoms with Crippen molar-refractivity contribution < 1.29 is 13.6 Å². The van der Waals surface area contributed by atoms with E-state index in [9.17, 15) is 13.6 Å². The van der Waals surface area contributed by atoms with Crippen LogP contribution in [0, 0.1) is 17.8 Å². The lowest BCUT2D eigenvalue weighted by atomic mass is 10.0. The number of aromatic nitrogens is 2. The average Bonchev–Trinajstić information content (AvgIpc) is 3.10. The molecule has 1 unspecified atom stereocenters. The zero-order valence-corrected chi connectivity index (χ0v) is 16.6. The Morgan fingerprint density at radius 3 is 2.57 bits per heavy atom. The monoisotopic (exact) mass is 390 g/mol. The average molecular weight is 390 g/mol. The zero-order valence-electron chi connectivity index (χ0n) is 16.6. The molecular weight excluding hydrogens is 362 g/mol. The lowest BCUT2D eigenvalue weighted by molar-refractivity contribution is -0.117. The second kappa shape index (κ2) is 6.36. The smallest absolute Gasteiger partial charge is 0.290 e. The number of hydrogen-bond acceptors (Lipinski definition) is 5. The van der Waals surface area contributed by atoms with Gasteiger partial charge in [-0.2, -0.15) is 13.8 Å². The highest BCUT2D eigenvalue weighted by Gasteiger charge is 2.56. The van der Waals surface area contributed by atoms with E-state index in [0.717, 1.165) is 38.3 Å². The van der Waals surface area contributed by atoms with Crippen LogP contribution in [0.3, 0.4) is 0 Å². The van der Waals surface area contributed by atoms with Crippen LogP contribution in [-0.4, -0.2) is 41.4 Å². The van der Waals surface area contributed by atoms with E-state index in [0.29, 0.717) is 54.6 Å². The maximum Gasteiger partial charge on any atom is 0.290 e. The fourth-order valence-electron chi connectivity index (χ4n) is 5.42. The SMILES string of the molecule is CC(=O)CC1[C@H]2CN(c3nc(N4CC[C@@H]4C)nc4c3CCCCC4(F)F)C[C@@H]12. The molecule has 5 nitrogen and oxygen atoms in total. The van der Waals surface area contributed by atoms with Gasteiger partial charge in [-0.05, 0) is 57.3 Å². The molecule has 28 heavy (non-hydrogen) atoms. The van der Waals surface area contributed by atoms with Gasteiger partial charge < -0.3 is 14.6 Å². The van der Waals surface area contributed by atoms with Gasteiger partial charge in [0.15, 0.2) is 0 Å². The molecule has 1 saturated carbocycles. The summed E-state index contributed by atoms with van der Waals surface area (Å²) in [5.41, 5.74) is 0.619. The van der Waals surface area contributed by atoms with Crippen LogP contribution in [0.25, 0.3) is 0 Å². The van der Waals surface area contributed by atoms with Gasteiger partial charge in [0.25, 0.3) is 5.92 Å². The maximum absolute atomic E-state index is 14.9. The third kappa shape index (κ3) is 2.89. The standard InChI is InChI=1S/C21H28F2N4O/c1-12-6-8-27(12)20-24-18-14(5-3-4-7-21(18,22)23)19(25-20)26-10-16-15(9-13(2)28)17(16)11-26/h12,15-17H,3-11H2,1-2H3/t12-,15?,16-,17+/m0/s1. The third-order valence-electron chi connectivity index (χ3n) is 7.26. The van der Waals surface area contributed by atoms with Crippen LogP contribution in [0.2, 0.25) is 0 Å². The molecule has 0 radical (unpaired) electrons. The number of ketones is 1. The molecule has 2 aliphatic heterocycles. The van der Waals surface area contributed by atoms with Crippen molar-refractivity contribution in [1.82, 2.24) is 9.97 Å². The topological polar surface area (TPSA) is 49.3 Å². The summed E-state index contributed by atoms with van der Waals surface area (Å²) in [6.07, 6.45) is 3.47. The van der Waals surface area contributed by atoms with Gasteiger partial charge in [-0.15, -0.1) is 0 Å². The van der Waals surface area contributed by atoms with E-state index < -0.39 is 5.92 Å². The van der Waals surface area contributed by atoms with Crippen molar-refractivity contribution in [2.24, 2.45) is 17.8 Å². The van der Waals surface area contributed by atoms with Crippen molar-refractivity contribution in [1.29, 1.82) is 0 Å². The Bertz CT molecular complexity index is 802. The molecule has 0 spiro atoms. The maximum atomic E-state index is 14.9. The first-order valence-corrected chi connectivity index (χ1v) is 10.7. The fourth-order valence-corrected chi connectivity index (χ4v) is 5.42. The van der Waals surface area contributed by atoms with E-state index in [1.807, 2.05) is 4.90 Å². The van der Waals surface area contributed by atoms with E-state index in [-0.39, 0.29) is 17.9 Å². The van der Waals surface area contributed by atoms with Crippen molar-refractivity contribution >= 4 is 17.5 Å². The van der Waals surface area contributed by atoms with Crippen molar-refractivity contribution in [2.45, 2.75) is 64.3 Å². The third-order valence-corrected chi connectivity index (χ3v) is 7.26. The Kier molecular flexibility index (Phi) is 4.14. The second-order valence-corrected chi connectivity index (χ2v) is 9.22. The predicted molar refractivity (Wildman–Crippen MR) is 103 cm³/mol. The molecule has 0 amide bonds. The van der Waals surface area contributed by atoms with Crippen molar-refractivity contribution in [2.75, 3.05) is 29.4 Å². The molecule has 1 aromatic heterocycles. The minimum absolute atomic E-state index is 0.0371. The minimum atomic E-state index is -2.88. The summed E-state index contributed by atoms with van der Waals surface area (Å²) in [6, 6.07) is 0.303. The zero-order chi connectivity index (χ0) is 19.6. The molecule has 0 N–H and O–H groups in total. The Hall–Kier alpha value is -1.79. The van der Waals surface area contributed by atoms with E-state index in [1.54, 1.807) is 6.92 Å². The first-order valence-electron chi connectivity index (χ1n) is 10.7. The minimum Gasteiger partial charge on any atom is -0.356 e. The lowest BCUT2D eigenvalue weighted by Gasteiger charge is -2.39. The number of hydrogen-bond donors (Lipinski definition) is 0. The predicted octanol–water partition coefficient (Wildman–Crippen LogP) is 3.55. The van der Waals surface area contributed by atoms with E-state index >= 15 is 0 Å². The van der Waals surface area contributed by atoms with Crippen molar-refractivity contribution in [3.63, 3.8) is 0 Å². The number of rotatable bonds is 4. The van der Waals surface area contributed by atoms with Gasteiger partial charge >= 0.3 is 0 Å². The molecule has 7 heteroatoms. The summed E-state index contributed by atoms with van der Waals surface area (Å²) in [5, 5.41) is 0. The molecule has 3 fully saturated rings. The van der Waals surface area contributed by atoms with Crippen LogP contribution in [0.5, 0.6) is 0 Å². The van der Waals surface area contributed by atoms with Crippen LogP contribution in [0.4, 0.5) is 20.5 Å². The second-order valence-electron chi connectivity index (χ2n) is 9.22. The van der Waals surface area contributed by atoms with Crippen molar-refractivity contribution in [3.05, 3.63) is 11.3 Å². The van der Waals surface area contributed by atoms with Crippen LogP contribution >= 0.6 is 0 Å². The van der Waals surface area contributed by atoms with E-state index in [2.05, 4.69) is 16.8 Å². The number of piperidine rings is 1. The summed E-state index contributed by atoms with van der Waals surface area (Å²) in [4.78, 5) is 24.9. The highest BCUT2D eigenvalue weighted by Crippen LogP contribution is 2.55. The van der Waals surface area contributed by atoms with Gasteiger partial charge in [0.1, 0.15) is 17.3 Å². The summed E-state index contributed by atoms with van der Waals surface area (Å²) in [7, 11) is 0. The number of carbonyl (C=O) groups is 1. The van der Waals surface area contributed by atoms with Crippen LogP contribution in [0.1, 0.15) is 57.2 Å². The first-order chi connectivity index (χ1) is 13.3. The largest absolute Gasteiger partial charge is 0.356 e. The molecular formula is C21H28F2N4O. The van der Waals surface area contributed by atoms with Crippen LogP contribution in [0.15, 0.2) is 0 Å². The molecule has 0 aromatic carbocycles. The fraction of sp³-hybridized carbons (Fsp3) is 0.762. The quantitative estimate of drug-likeness (QED) is 0.736. The molecule has 4 aliphatic rings. The van der Waals surface area contributed by atoms with Gasteiger partial charge in [-0.1, -0.05) is 0 Å². The number of carbonyl (C=O) groups excluding carboxylic acids is 1. The number of halogens is 2. The number of fused-ring (bicyclic) bond motifs is 2. The Labute approximate surface area is 164 Å². The Morgan fingerprint density at radius 2 is 1.96 bits per heavy atom. The molecule has 152 valence electrons. The lowest BCUT2D eigenvalue weighted by Crippen LogP contribution is -2.47. The summed E-state index contributed by atoms with van der Waals surface area (Å²) < 4.78 is 29.8. The first kappa shape index (κ1) is 18.3.